The number of halogens is 5. The summed E-state index contributed by atoms with van der Waals surface area (Å²) >= 11 is 0. The molecule has 1 aliphatic heterocycles. The monoisotopic (exact) mass is 496 g/mol. The van der Waals surface area contributed by atoms with Crippen LogP contribution in [0.15, 0.2) is 48.5 Å². The molecular weight excluding hydrogens is 468 g/mol. The summed E-state index contributed by atoms with van der Waals surface area (Å²) in [6.45, 7) is 9.88. The smallest absolute Gasteiger partial charge is 0.544 e. The van der Waals surface area contributed by atoms with Crippen LogP contribution in [0.25, 0.3) is 0 Å². The highest BCUT2D eigenvalue weighted by atomic mass is 35.5. The van der Waals surface area contributed by atoms with E-state index in [4.69, 9.17) is 4.43 Å². The van der Waals surface area contributed by atoms with Crippen molar-refractivity contribution in [3.8, 4) is 11.5 Å². The second-order valence-electron chi connectivity index (χ2n) is 8.09. The number of piperazine rings is 1. The number of nitrogens with zero attached hydrogens (tertiary/aromatic N) is 1. The van der Waals surface area contributed by atoms with Crippen LogP contribution in [-0.2, 0) is 0 Å². The van der Waals surface area contributed by atoms with Crippen LogP contribution in [-0.4, -0.2) is 45.8 Å². The van der Waals surface area contributed by atoms with E-state index in [0.29, 0.717) is 0 Å². The zero-order valence-corrected chi connectivity index (χ0v) is 20.4. The van der Waals surface area contributed by atoms with E-state index in [1.54, 1.807) is 12.1 Å². The van der Waals surface area contributed by atoms with Crippen molar-refractivity contribution < 1.29 is 22.3 Å². The fourth-order valence-corrected chi connectivity index (χ4v) is 4.32. The summed E-state index contributed by atoms with van der Waals surface area (Å²) in [5, 5.41) is 3.34. The van der Waals surface area contributed by atoms with Gasteiger partial charge in [-0.2, -0.15) is 0 Å². The lowest BCUT2D eigenvalue weighted by Crippen LogP contribution is -2.45. The van der Waals surface area contributed by atoms with Crippen molar-refractivity contribution in [2.45, 2.75) is 32.0 Å². The van der Waals surface area contributed by atoms with Crippen LogP contribution in [0.4, 0.5) is 13.2 Å². The summed E-state index contributed by atoms with van der Waals surface area (Å²) in [5.41, 5.74) is 2.01. The van der Waals surface area contributed by atoms with Gasteiger partial charge in [-0.15, -0.1) is 38.0 Å². The quantitative estimate of drug-likeness (QED) is 0.524. The minimum absolute atomic E-state index is 0. The van der Waals surface area contributed by atoms with Gasteiger partial charge in [0.1, 0.15) is 11.5 Å². The second kappa shape index (κ2) is 11.4. The zero-order chi connectivity index (χ0) is 21.1. The third kappa shape index (κ3) is 8.54. The van der Waals surface area contributed by atoms with Crippen LogP contribution in [0.3, 0.4) is 0 Å². The number of rotatable bonds is 6. The van der Waals surface area contributed by atoms with E-state index in [9.17, 15) is 13.2 Å². The van der Waals surface area contributed by atoms with Crippen LogP contribution in [0.5, 0.6) is 11.5 Å². The Labute approximate surface area is 195 Å². The van der Waals surface area contributed by atoms with Gasteiger partial charge >= 0.3 is 6.36 Å². The first-order valence-corrected chi connectivity index (χ1v) is 13.1. The number of ether oxygens (including phenoxy) is 1. The van der Waals surface area contributed by atoms with E-state index >= 15 is 0 Å². The molecule has 1 N–H and O–H groups in total. The summed E-state index contributed by atoms with van der Waals surface area (Å²) in [7, 11) is -1.69. The highest BCUT2D eigenvalue weighted by Gasteiger charge is 2.31. The Morgan fingerprint density at radius 1 is 0.839 bits per heavy atom. The molecule has 0 saturated carbocycles. The highest BCUT2D eigenvalue weighted by molar-refractivity contribution is 6.70. The SMILES string of the molecule is C[Si](C)(C)Oc1ccc([C@H](c2ccc(OC(F)(F)F)cc2)N2CCNCC2)cc1.Cl.Cl. The fourth-order valence-electron chi connectivity index (χ4n) is 3.48. The molecule has 0 amide bonds. The standard InChI is InChI=1S/C21H27F3N2O2Si.2ClH/c1-29(2,3)28-19-10-6-17(7-11-19)20(26-14-12-25-13-15-26)16-4-8-18(9-5-16)27-21(22,23)24;;/h4-11,20,25H,12-15H2,1-3H3;2*1H/t20-;;/m0../s1. The Morgan fingerprint density at radius 2 is 1.29 bits per heavy atom. The van der Waals surface area contributed by atoms with Crippen molar-refractivity contribution in [1.82, 2.24) is 10.2 Å². The van der Waals surface area contributed by atoms with Crippen LogP contribution < -0.4 is 14.5 Å². The summed E-state index contributed by atoms with van der Waals surface area (Å²) < 4.78 is 47.5. The average molecular weight is 497 g/mol. The van der Waals surface area contributed by atoms with Gasteiger partial charge in [0.2, 0.25) is 8.32 Å². The van der Waals surface area contributed by atoms with Crippen molar-refractivity contribution in [2.24, 2.45) is 0 Å². The molecule has 1 heterocycles. The second-order valence-corrected chi connectivity index (χ2v) is 12.5. The third-order valence-electron chi connectivity index (χ3n) is 4.57. The van der Waals surface area contributed by atoms with Gasteiger partial charge in [0.05, 0.1) is 6.04 Å². The van der Waals surface area contributed by atoms with Crippen LogP contribution in [0.2, 0.25) is 19.6 Å². The molecule has 174 valence electrons. The molecule has 4 nitrogen and oxygen atoms in total. The third-order valence-corrected chi connectivity index (χ3v) is 5.41. The molecule has 31 heavy (non-hydrogen) atoms. The molecule has 3 rings (SSSR count). The largest absolute Gasteiger partial charge is 0.573 e. The van der Waals surface area contributed by atoms with Crippen molar-refractivity contribution >= 4 is 33.1 Å². The first kappa shape index (κ1) is 27.6. The van der Waals surface area contributed by atoms with E-state index in [1.807, 2.05) is 24.3 Å². The Morgan fingerprint density at radius 3 is 1.71 bits per heavy atom. The van der Waals surface area contributed by atoms with Crippen LogP contribution in [0, 0.1) is 0 Å². The fraction of sp³-hybridized carbons (Fsp3) is 0.429. The molecule has 0 aliphatic carbocycles. The Kier molecular flexibility index (Phi) is 10.2. The van der Waals surface area contributed by atoms with Gasteiger partial charge in [-0.3, -0.25) is 4.90 Å². The van der Waals surface area contributed by atoms with Crippen LogP contribution in [0.1, 0.15) is 17.2 Å². The first-order valence-electron chi connectivity index (χ1n) is 9.70. The van der Waals surface area contributed by atoms with Gasteiger partial charge < -0.3 is 14.5 Å². The van der Waals surface area contributed by atoms with Crippen molar-refractivity contribution in [3.05, 3.63) is 59.7 Å². The van der Waals surface area contributed by atoms with E-state index in [2.05, 4.69) is 34.6 Å². The molecule has 0 bridgehead atoms. The highest BCUT2D eigenvalue weighted by Crippen LogP contribution is 2.32. The number of benzene rings is 2. The predicted octanol–water partition coefficient (Wildman–Crippen LogP) is 5.64. The molecule has 2 aromatic carbocycles. The van der Waals surface area contributed by atoms with Crippen LogP contribution >= 0.6 is 24.8 Å². The Hall–Kier alpha value is -1.45. The van der Waals surface area contributed by atoms with E-state index in [1.165, 1.54) is 12.1 Å². The maximum atomic E-state index is 12.5. The number of hydrogen-bond donors (Lipinski definition) is 1. The van der Waals surface area contributed by atoms with E-state index in [-0.39, 0.29) is 36.6 Å². The molecule has 1 saturated heterocycles. The number of hydrogen-bond acceptors (Lipinski definition) is 4. The van der Waals surface area contributed by atoms with Gasteiger partial charge in [0.25, 0.3) is 0 Å². The normalized spacial score (nSPS) is 15.9. The van der Waals surface area contributed by atoms with E-state index < -0.39 is 14.7 Å². The molecule has 0 spiro atoms. The van der Waals surface area contributed by atoms with E-state index in [0.717, 1.165) is 43.1 Å². The topological polar surface area (TPSA) is 33.7 Å². The van der Waals surface area contributed by atoms with Crippen molar-refractivity contribution in [1.29, 1.82) is 0 Å². The molecule has 1 fully saturated rings. The Bertz CT molecular complexity index is 735. The molecule has 1 atom stereocenters. The lowest BCUT2D eigenvalue weighted by Gasteiger charge is -2.35. The molecule has 10 heteroatoms. The summed E-state index contributed by atoms with van der Waals surface area (Å²) in [6.07, 6.45) is -4.69. The van der Waals surface area contributed by atoms with Gasteiger partial charge in [0, 0.05) is 26.2 Å². The Balaban J connectivity index is 0.00000240. The average Bonchev–Trinajstić information content (AvgIpc) is 2.63. The molecule has 1 aliphatic rings. The first-order chi connectivity index (χ1) is 13.6. The molecule has 0 aromatic heterocycles. The van der Waals surface area contributed by atoms with Gasteiger partial charge in [-0.05, 0) is 55.0 Å². The van der Waals surface area contributed by atoms with Crippen molar-refractivity contribution in [3.63, 3.8) is 0 Å². The maximum Gasteiger partial charge on any atom is 0.573 e. The summed E-state index contributed by atoms with van der Waals surface area (Å²) in [4.78, 5) is 2.34. The number of nitrogens with one attached hydrogen (secondary N) is 1. The number of alkyl halides is 3. The molecule has 2 aromatic rings. The van der Waals surface area contributed by atoms with Gasteiger partial charge in [-0.1, -0.05) is 24.3 Å². The molecular formula is C21H29Cl2F3N2O2Si. The van der Waals surface area contributed by atoms with Crippen molar-refractivity contribution in [2.75, 3.05) is 26.2 Å². The lowest BCUT2D eigenvalue weighted by atomic mass is 9.96. The lowest BCUT2D eigenvalue weighted by molar-refractivity contribution is -0.274. The maximum absolute atomic E-state index is 12.5. The minimum atomic E-state index is -4.69. The minimum Gasteiger partial charge on any atom is -0.544 e. The van der Waals surface area contributed by atoms with Gasteiger partial charge in [0.15, 0.2) is 0 Å². The summed E-state index contributed by atoms with van der Waals surface area (Å²) in [5.74, 6) is 0.639. The zero-order valence-electron chi connectivity index (χ0n) is 17.7. The van der Waals surface area contributed by atoms with Gasteiger partial charge in [-0.25, -0.2) is 0 Å². The summed E-state index contributed by atoms with van der Waals surface area (Å²) in [6, 6.07) is 14.2. The molecule has 0 unspecified atom stereocenters. The predicted molar refractivity (Wildman–Crippen MR) is 124 cm³/mol. The molecule has 0 radical (unpaired) electrons.